The molecule has 0 spiro atoms. The number of aryl methyl sites for hydroxylation is 2. The SMILES string of the molecule is Cc1noc(C)c1CN1CCN(c2cc(NCC3CC3)ncn2)CC1. The van der Waals surface area contributed by atoms with Gasteiger partial charge in [0, 0.05) is 50.9 Å². The van der Waals surface area contributed by atoms with E-state index in [9.17, 15) is 0 Å². The highest BCUT2D eigenvalue weighted by Gasteiger charge is 2.22. The number of hydrogen-bond acceptors (Lipinski definition) is 7. The average Bonchev–Trinajstić information content (AvgIpc) is 3.42. The highest BCUT2D eigenvalue weighted by molar-refractivity contribution is 5.48. The molecule has 134 valence electrons. The summed E-state index contributed by atoms with van der Waals surface area (Å²) < 4.78 is 5.27. The van der Waals surface area contributed by atoms with E-state index in [1.807, 2.05) is 13.8 Å². The van der Waals surface area contributed by atoms with Crippen molar-refractivity contribution in [3.05, 3.63) is 29.4 Å². The predicted octanol–water partition coefficient (Wildman–Crippen LogP) is 2.23. The van der Waals surface area contributed by atoms with Crippen LogP contribution in [-0.2, 0) is 6.54 Å². The minimum atomic E-state index is 0.839. The molecule has 1 aliphatic heterocycles. The number of hydrogen-bond donors (Lipinski definition) is 1. The van der Waals surface area contributed by atoms with Crippen LogP contribution in [0.3, 0.4) is 0 Å². The molecule has 1 saturated carbocycles. The van der Waals surface area contributed by atoms with Crippen molar-refractivity contribution in [2.75, 3.05) is 42.9 Å². The van der Waals surface area contributed by atoms with E-state index in [1.165, 1.54) is 18.4 Å². The van der Waals surface area contributed by atoms with Crippen LogP contribution in [0.15, 0.2) is 16.9 Å². The molecule has 2 aromatic heterocycles. The zero-order valence-electron chi connectivity index (χ0n) is 15.0. The van der Waals surface area contributed by atoms with Gasteiger partial charge >= 0.3 is 0 Å². The third kappa shape index (κ3) is 3.92. The molecule has 0 aromatic carbocycles. The Balaban J connectivity index is 1.33. The van der Waals surface area contributed by atoms with E-state index in [-0.39, 0.29) is 0 Å². The lowest BCUT2D eigenvalue weighted by Crippen LogP contribution is -2.46. The predicted molar refractivity (Wildman–Crippen MR) is 96.7 cm³/mol. The molecule has 7 nitrogen and oxygen atoms in total. The maximum Gasteiger partial charge on any atom is 0.138 e. The van der Waals surface area contributed by atoms with Crippen LogP contribution in [0.1, 0.15) is 29.9 Å². The summed E-state index contributed by atoms with van der Waals surface area (Å²) in [5.74, 6) is 3.73. The van der Waals surface area contributed by atoms with Gasteiger partial charge in [-0.05, 0) is 32.6 Å². The summed E-state index contributed by atoms with van der Waals surface area (Å²) in [6.07, 6.45) is 4.36. The second-order valence-electron chi connectivity index (χ2n) is 7.15. The molecule has 2 aliphatic rings. The number of aromatic nitrogens is 3. The van der Waals surface area contributed by atoms with E-state index in [0.29, 0.717) is 0 Å². The standard InChI is InChI=1S/C18H26N6O/c1-13-16(14(2)25-22-13)11-23-5-7-24(8-6-23)18-9-17(20-12-21-18)19-10-15-3-4-15/h9,12,15H,3-8,10-11H2,1-2H3,(H,19,20,21). The molecule has 0 atom stereocenters. The molecule has 1 N–H and O–H groups in total. The van der Waals surface area contributed by atoms with Crippen molar-refractivity contribution in [1.29, 1.82) is 0 Å². The van der Waals surface area contributed by atoms with E-state index in [2.05, 4.69) is 36.3 Å². The van der Waals surface area contributed by atoms with Gasteiger partial charge in [0.15, 0.2) is 0 Å². The summed E-state index contributed by atoms with van der Waals surface area (Å²) in [6.45, 7) is 9.92. The van der Waals surface area contributed by atoms with Gasteiger partial charge in [-0.1, -0.05) is 5.16 Å². The Labute approximate surface area is 148 Å². The summed E-state index contributed by atoms with van der Waals surface area (Å²) in [6, 6.07) is 2.08. The van der Waals surface area contributed by atoms with Crippen molar-refractivity contribution in [2.45, 2.75) is 33.2 Å². The van der Waals surface area contributed by atoms with Gasteiger partial charge in [-0.15, -0.1) is 0 Å². The van der Waals surface area contributed by atoms with E-state index >= 15 is 0 Å². The molecule has 0 radical (unpaired) electrons. The van der Waals surface area contributed by atoms with Crippen LogP contribution in [0.2, 0.25) is 0 Å². The van der Waals surface area contributed by atoms with E-state index < -0.39 is 0 Å². The maximum absolute atomic E-state index is 5.27. The molecular weight excluding hydrogens is 316 g/mol. The van der Waals surface area contributed by atoms with Crippen LogP contribution in [0.4, 0.5) is 11.6 Å². The molecule has 1 aliphatic carbocycles. The molecule has 0 amide bonds. The van der Waals surface area contributed by atoms with Crippen molar-refractivity contribution in [2.24, 2.45) is 5.92 Å². The van der Waals surface area contributed by atoms with E-state index in [1.54, 1.807) is 6.33 Å². The topological polar surface area (TPSA) is 70.3 Å². The van der Waals surface area contributed by atoms with Crippen LogP contribution < -0.4 is 10.2 Å². The Morgan fingerprint density at radius 3 is 2.64 bits per heavy atom. The average molecular weight is 342 g/mol. The number of anilines is 2. The van der Waals surface area contributed by atoms with Gasteiger partial charge < -0.3 is 14.7 Å². The maximum atomic E-state index is 5.27. The van der Waals surface area contributed by atoms with Crippen molar-refractivity contribution in [1.82, 2.24) is 20.0 Å². The van der Waals surface area contributed by atoms with Crippen LogP contribution in [0.5, 0.6) is 0 Å². The molecule has 25 heavy (non-hydrogen) atoms. The Morgan fingerprint density at radius 1 is 1.16 bits per heavy atom. The fourth-order valence-corrected chi connectivity index (χ4v) is 3.27. The van der Waals surface area contributed by atoms with Crippen LogP contribution in [-0.4, -0.2) is 52.7 Å². The lowest BCUT2D eigenvalue weighted by atomic mass is 10.2. The van der Waals surface area contributed by atoms with Crippen LogP contribution >= 0.6 is 0 Å². The number of nitrogens with one attached hydrogen (secondary N) is 1. The lowest BCUT2D eigenvalue weighted by molar-refractivity contribution is 0.247. The monoisotopic (exact) mass is 342 g/mol. The van der Waals surface area contributed by atoms with Gasteiger partial charge in [-0.25, -0.2) is 9.97 Å². The summed E-state index contributed by atoms with van der Waals surface area (Å²) in [5, 5.41) is 7.48. The van der Waals surface area contributed by atoms with Gasteiger partial charge in [0.05, 0.1) is 5.69 Å². The number of piperazine rings is 1. The quantitative estimate of drug-likeness (QED) is 0.863. The van der Waals surface area contributed by atoms with Crippen molar-refractivity contribution >= 4 is 11.6 Å². The van der Waals surface area contributed by atoms with Gasteiger partial charge in [0.25, 0.3) is 0 Å². The molecule has 2 aromatic rings. The van der Waals surface area contributed by atoms with Gasteiger partial charge in [0.2, 0.25) is 0 Å². The Kier molecular flexibility index (Phi) is 4.57. The number of rotatable bonds is 6. The molecule has 2 fully saturated rings. The van der Waals surface area contributed by atoms with Gasteiger partial charge in [0.1, 0.15) is 23.7 Å². The van der Waals surface area contributed by atoms with Crippen molar-refractivity contribution in [3.8, 4) is 0 Å². The van der Waals surface area contributed by atoms with E-state index in [4.69, 9.17) is 4.52 Å². The van der Waals surface area contributed by atoms with Gasteiger partial charge in [-0.3, -0.25) is 4.90 Å². The second kappa shape index (κ2) is 7.00. The summed E-state index contributed by atoms with van der Waals surface area (Å²) in [5.41, 5.74) is 2.23. The Morgan fingerprint density at radius 2 is 1.96 bits per heavy atom. The van der Waals surface area contributed by atoms with Gasteiger partial charge in [-0.2, -0.15) is 0 Å². The fourth-order valence-electron chi connectivity index (χ4n) is 3.27. The highest BCUT2D eigenvalue weighted by Crippen LogP contribution is 2.29. The molecule has 0 bridgehead atoms. The molecule has 4 rings (SSSR count). The molecule has 7 heteroatoms. The summed E-state index contributed by atoms with van der Waals surface area (Å²) >= 11 is 0. The fraction of sp³-hybridized carbons (Fsp3) is 0.611. The summed E-state index contributed by atoms with van der Waals surface area (Å²) in [7, 11) is 0. The zero-order chi connectivity index (χ0) is 17.2. The largest absolute Gasteiger partial charge is 0.370 e. The van der Waals surface area contributed by atoms with Crippen molar-refractivity contribution < 1.29 is 4.52 Å². The molecule has 0 unspecified atom stereocenters. The van der Waals surface area contributed by atoms with E-state index in [0.717, 1.165) is 68.3 Å². The number of nitrogens with zero attached hydrogens (tertiary/aromatic N) is 5. The zero-order valence-corrected chi connectivity index (χ0v) is 15.0. The molecule has 1 saturated heterocycles. The Hall–Kier alpha value is -2.15. The molecule has 3 heterocycles. The third-order valence-corrected chi connectivity index (χ3v) is 5.18. The smallest absolute Gasteiger partial charge is 0.138 e. The van der Waals surface area contributed by atoms with Crippen LogP contribution in [0, 0.1) is 19.8 Å². The van der Waals surface area contributed by atoms with Crippen LogP contribution in [0.25, 0.3) is 0 Å². The lowest BCUT2D eigenvalue weighted by Gasteiger charge is -2.35. The highest BCUT2D eigenvalue weighted by atomic mass is 16.5. The summed E-state index contributed by atoms with van der Waals surface area (Å²) in [4.78, 5) is 13.6. The first-order chi connectivity index (χ1) is 12.2. The Bertz CT molecular complexity index is 699. The third-order valence-electron chi connectivity index (χ3n) is 5.18. The molecular formula is C18H26N6O. The first kappa shape index (κ1) is 16.3. The first-order valence-corrected chi connectivity index (χ1v) is 9.14. The normalized spacial score (nSPS) is 18.6. The minimum absolute atomic E-state index is 0.839. The van der Waals surface area contributed by atoms with Crippen molar-refractivity contribution in [3.63, 3.8) is 0 Å². The minimum Gasteiger partial charge on any atom is -0.370 e. The first-order valence-electron chi connectivity index (χ1n) is 9.14. The second-order valence-corrected chi connectivity index (χ2v) is 7.15.